The predicted molar refractivity (Wildman–Crippen MR) is 121 cm³/mol. The van der Waals surface area contributed by atoms with Gasteiger partial charge in [-0.1, -0.05) is 35.9 Å². The van der Waals surface area contributed by atoms with Gasteiger partial charge in [0.15, 0.2) is 0 Å². The zero-order chi connectivity index (χ0) is 21.1. The minimum atomic E-state index is -0.355. The van der Waals surface area contributed by atoms with E-state index >= 15 is 0 Å². The topological polar surface area (TPSA) is 58.6 Å². The SMILES string of the molecule is O=C(NCC1(c2ccc(Cl)cc2)CCOCC1)C1CC(=O)N(c2ccccc2Br)C1. The highest BCUT2D eigenvalue weighted by molar-refractivity contribution is 9.10. The van der Waals surface area contributed by atoms with Gasteiger partial charge < -0.3 is 15.0 Å². The van der Waals surface area contributed by atoms with Crippen molar-refractivity contribution in [1.82, 2.24) is 5.32 Å². The fourth-order valence-corrected chi connectivity index (χ4v) is 4.95. The number of nitrogens with one attached hydrogen (secondary N) is 1. The van der Waals surface area contributed by atoms with Crippen molar-refractivity contribution in [1.29, 1.82) is 0 Å². The van der Waals surface area contributed by atoms with Crippen molar-refractivity contribution in [3.8, 4) is 0 Å². The molecule has 2 saturated heterocycles. The molecular weight excluding hydrogens is 468 g/mol. The van der Waals surface area contributed by atoms with Crippen molar-refractivity contribution in [2.45, 2.75) is 24.7 Å². The van der Waals surface area contributed by atoms with Gasteiger partial charge in [0, 0.05) is 47.6 Å². The van der Waals surface area contributed by atoms with E-state index in [9.17, 15) is 9.59 Å². The molecule has 0 aliphatic carbocycles. The number of benzene rings is 2. The molecule has 2 amide bonds. The summed E-state index contributed by atoms with van der Waals surface area (Å²) >= 11 is 9.56. The molecular formula is C23H24BrClN2O3. The molecule has 5 nitrogen and oxygen atoms in total. The van der Waals surface area contributed by atoms with E-state index in [0.29, 0.717) is 31.3 Å². The van der Waals surface area contributed by atoms with Gasteiger partial charge in [-0.15, -0.1) is 0 Å². The van der Waals surface area contributed by atoms with E-state index in [0.717, 1.165) is 28.6 Å². The van der Waals surface area contributed by atoms with E-state index in [1.165, 1.54) is 0 Å². The molecule has 30 heavy (non-hydrogen) atoms. The Balaban J connectivity index is 1.45. The van der Waals surface area contributed by atoms with Gasteiger partial charge in [0.2, 0.25) is 11.8 Å². The maximum Gasteiger partial charge on any atom is 0.227 e. The number of ether oxygens (including phenoxy) is 1. The number of hydrogen-bond donors (Lipinski definition) is 1. The Morgan fingerprint density at radius 3 is 2.57 bits per heavy atom. The predicted octanol–water partition coefficient (Wildman–Crippen LogP) is 4.32. The van der Waals surface area contributed by atoms with Crippen molar-refractivity contribution in [2.75, 3.05) is 31.2 Å². The van der Waals surface area contributed by atoms with Gasteiger partial charge in [-0.05, 0) is 58.6 Å². The zero-order valence-electron chi connectivity index (χ0n) is 16.6. The molecule has 1 unspecified atom stereocenters. The fraction of sp³-hybridized carbons (Fsp3) is 0.391. The maximum atomic E-state index is 13.0. The average molecular weight is 492 g/mol. The summed E-state index contributed by atoms with van der Waals surface area (Å²) in [4.78, 5) is 27.2. The molecule has 1 N–H and O–H groups in total. The summed E-state index contributed by atoms with van der Waals surface area (Å²) in [6.45, 7) is 2.24. The third-order valence-corrected chi connectivity index (χ3v) is 7.07. The Morgan fingerprint density at radius 2 is 1.87 bits per heavy atom. The van der Waals surface area contributed by atoms with Crippen molar-refractivity contribution < 1.29 is 14.3 Å². The number of para-hydroxylation sites is 1. The molecule has 2 heterocycles. The smallest absolute Gasteiger partial charge is 0.227 e. The number of nitrogens with zero attached hydrogens (tertiary/aromatic N) is 1. The van der Waals surface area contributed by atoms with Crippen LogP contribution in [0.2, 0.25) is 5.02 Å². The van der Waals surface area contributed by atoms with Gasteiger partial charge in [0.1, 0.15) is 0 Å². The van der Waals surface area contributed by atoms with E-state index in [2.05, 4.69) is 21.2 Å². The summed E-state index contributed by atoms with van der Waals surface area (Å²) in [6.07, 6.45) is 1.90. The first-order valence-electron chi connectivity index (χ1n) is 10.1. The molecule has 2 fully saturated rings. The lowest BCUT2D eigenvalue weighted by Gasteiger charge is -2.38. The Kier molecular flexibility index (Phi) is 6.46. The Hall–Kier alpha value is -1.89. The van der Waals surface area contributed by atoms with Crippen LogP contribution >= 0.6 is 27.5 Å². The average Bonchev–Trinajstić information content (AvgIpc) is 3.15. The summed E-state index contributed by atoms with van der Waals surface area (Å²) in [6, 6.07) is 15.4. The molecule has 7 heteroatoms. The molecule has 2 aliphatic heterocycles. The maximum absolute atomic E-state index is 13.0. The Morgan fingerprint density at radius 1 is 1.17 bits per heavy atom. The number of carbonyl (C=O) groups is 2. The third kappa shape index (κ3) is 4.41. The van der Waals surface area contributed by atoms with Gasteiger partial charge in [0.05, 0.1) is 11.6 Å². The minimum Gasteiger partial charge on any atom is -0.381 e. The van der Waals surface area contributed by atoms with Gasteiger partial charge in [0.25, 0.3) is 0 Å². The molecule has 2 aliphatic rings. The number of amides is 2. The lowest BCUT2D eigenvalue weighted by atomic mass is 9.74. The highest BCUT2D eigenvalue weighted by Crippen LogP contribution is 2.35. The van der Waals surface area contributed by atoms with Crippen LogP contribution in [-0.2, 0) is 19.7 Å². The highest BCUT2D eigenvalue weighted by Gasteiger charge is 2.38. The van der Waals surface area contributed by atoms with Crippen LogP contribution in [0, 0.1) is 5.92 Å². The molecule has 0 spiro atoms. The summed E-state index contributed by atoms with van der Waals surface area (Å²) in [7, 11) is 0. The normalized spacial score (nSPS) is 20.9. The van der Waals surface area contributed by atoms with Crippen molar-refractivity contribution in [3.05, 3.63) is 63.6 Å². The number of halogens is 2. The van der Waals surface area contributed by atoms with E-state index < -0.39 is 0 Å². The van der Waals surface area contributed by atoms with Crippen LogP contribution in [-0.4, -0.2) is 38.1 Å². The summed E-state index contributed by atoms with van der Waals surface area (Å²) < 4.78 is 6.42. The Bertz CT molecular complexity index is 928. The number of hydrogen-bond acceptors (Lipinski definition) is 3. The second-order valence-electron chi connectivity index (χ2n) is 7.97. The molecule has 0 bridgehead atoms. The third-order valence-electron chi connectivity index (χ3n) is 6.15. The molecule has 2 aromatic rings. The van der Waals surface area contributed by atoms with Crippen LogP contribution in [0.4, 0.5) is 5.69 Å². The van der Waals surface area contributed by atoms with E-state index in [1.807, 2.05) is 48.5 Å². The van der Waals surface area contributed by atoms with E-state index in [4.69, 9.17) is 16.3 Å². The minimum absolute atomic E-state index is 0.0273. The molecule has 4 rings (SSSR count). The van der Waals surface area contributed by atoms with E-state index in [1.54, 1.807) is 4.90 Å². The van der Waals surface area contributed by atoms with Gasteiger partial charge in [-0.25, -0.2) is 0 Å². The van der Waals surface area contributed by atoms with Crippen LogP contribution in [0.15, 0.2) is 53.0 Å². The molecule has 2 aromatic carbocycles. The summed E-state index contributed by atoms with van der Waals surface area (Å²) in [5.74, 6) is -0.454. The van der Waals surface area contributed by atoms with Crippen molar-refractivity contribution in [3.63, 3.8) is 0 Å². The summed E-state index contributed by atoms with van der Waals surface area (Å²) in [5.41, 5.74) is 1.79. The zero-order valence-corrected chi connectivity index (χ0v) is 18.9. The lowest BCUT2D eigenvalue weighted by Crippen LogP contribution is -2.46. The molecule has 0 radical (unpaired) electrons. The van der Waals surface area contributed by atoms with Crippen LogP contribution in [0.5, 0.6) is 0 Å². The fourth-order valence-electron chi connectivity index (χ4n) is 4.32. The van der Waals surface area contributed by atoms with Crippen molar-refractivity contribution >= 4 is 45.0 Å². The largest absolute Gasteiger partial charge is 0.381 e. The van der Waals surface area contributed by atoms with Crippen LogP contribution in [0.25, 0.3) is 0 Å². The number of rotatable bonds is 5. The molecule has 158 valence electrons. The first-order valence-corrected chi connectivity index (χ1v) is 11.3. The second-order valence-corrected chi connectivity index (χ2v) is 9.26. The van der Waals surface area contributed by atoms with Crippen molar-refractivity contribution in [2.24, 2.45) is 5.92 Å². The van der Waals surface area contributed by atoms with E-state index in [-0.39, 0.29) is 29.6 Å². The Labute approximate surface area is 189 Å². The highest BCUT2D eigenvalue weighted by atomic mass is 79.9. The summed E-state index contributed by atoms with van der Waals surface area (Å²) in [5, 5.41) is 3.83. The van der Waals surface area contributed by atoms with Gasteiger partial charge >= 0.3 is 0 Å². The standard InChI is InChI=1S/C23H24BrClN2O3/c24-19-3-1-2-4-20(19)27-14-16(13-21(27)28)22(29)26-15-23(9-11-30-12-10-23)17-5-7-18(25)8-6-17/h1-8,16H,9-15H2,(H,26,29). The van der Waals surface area contributed by atoms with Gasteiger partial charge in [-0.2, -0.15) is 0 Å². The molecule has 1 atom stereocenters. The first kappa shape index (κ1) is 21.3. The van der Waals surface area contributed by atoms with Gasteiger partial charge in [-0.3, -0.25) is 9.59 Å². The number of anilines is 1. The molecule has 0 aromatic heterocycles. The second kappa shape index (κ2) is 9.08. The number of carbonyl (C=O) groups excluding carboxylic acids is 2. The van der Waals surface area contributed by atoms with Crippen LogP contribution in [0.3, 0.4) is 0 Å². The quantitative estimate of drug-likeness (QED) is 0.678. The molecule has 0 saturated carbocycles. The first-order chi connectivity index (χ1) is 14.5. The van der Waals surface area contributed by atoms with Crippen LogP contribution < -0.4 is 10.2 Å². The lowest BCUT2D eigenvalue weighted by molar-refractivity contribution is -0.126. The monoisotopic (exact) mass is 490 g/mol. The van der Waals surface area contributed by atoms with Crippen LogP contribution in [0.1, 0.15) is 24.8 Å².